The number of primary amides is 1. The number of nitrogens with zero attached hydrogens (tertiary/aromatic N) is 4. The van der Waals surface area contributed by atoms with Crippen LogP contribution in [0.25, 0.3) is 16.6 Å². The highest BCUT2D eigenvalue weighted by atomic mass is 16.5. The SMILES string of the molecule is COc1ccc(-c2cc3c(N[C@@H]4CN(C(=O)C5(C#N)CC5)C[C@@H]4C)c(C(N)=O)cnn3c2)cc1. The molecule has 0 spiro atoms. The van der Waals surface area contributed by atoms with Gasteiger partial charge in [-0.3, -0.25) is 9.59 Å². The Morgan fingerprint density at radius 1 is 1.24 bits per heavy atom. The number of likely N-dealkylation sites (tertiary alicyclic amines) is 1. The van der Waals surface area contributed by atoms with Gasteiger partial charge in [0, 0.05) is 30.9 Å². The molecule has 1 aliphatic heterocycles. The molecule has 2 aromatic heterocycles. The molecule has 9 heteroatoms. The average molecular weight is 459 g/mol. The third kappa shape index (κ3) is 3.61. The van der Waals surface area contributed by atoms with Crippen LogP contribution >= 0.6 is 0 Å². The molecule has 3 aromatic rings. The number of nitriles is 1. The molecule has 2 amide bonds. The smallest absolute Gasteiger partial charge is 0.252 e. The molecule has 3 N–H and O–H groups in total. The number of hydrogen-bond acceptors (Lipinski definition) is 6. The van der Waals surface area contributed by atoms with Gasteiger partial charge in [0.1, 0.15) is 11.2 Å². The largest absolute Gasteiger partial charge is 0.497 e. The summed E-state index contributed by atoms with van der Waals surface area (Å²) in [6.45, 7) is 3.08. The fourth-order valence-electron chi connectivity index (χ4n) is 4.64. The Labute approximate surface area is 197 Å². The molecule has 5 rings (SSSR count). The van der Waals surface area contributed by atoms with E-state index >= 15 is 0 Å². The number of anilines is 1. The van der Waals surface area contributed by atoms with Crippen molar-refractivity contribution in [2.45, 2.75) is 25.8 Å². The average Bonchev–Trinajstić information content (AvgIpc) is 3.39. The number of hydrogen-bond donors (Lipinski definition) is 2. The van der Waals surface area contributed by atoms with Crippen molar-refractivity contribution in [1.82, 2.24) is 14.5 Å². The van der Waals surface area contributed by atoms with Crippen molar-refractivity contribution in [3.63, 3.8) is 0 Å². The number of amides is 2. The predicted octanol–water partition coefficient (Wildman–Crippen LogP) is 2.67. The minimum Gasteiger partial charge on any atom is -0.497 e. The molecule has 1 saturated heterocycles. The van der Waals surface area contributed by atoms with Crippen LogP contribution < -0.4 is 15.8 Å². The van der Waals surface area contributed by atoms with Crippen molar-refractivity contribution in [2.75, 3.05) is 25.5 Å². The maximum atomic E-state index is 12.9. The van der Waals surface area contributed by atoms with Gasteiger partial charge in [0.15, 0.2) is 0 Å². The first-order chi connectivity index (χ1) is 16.3. The van der Waals surface area contributed by atoms with Crippen molar-refractivity contribution in [2.24, 2.45) is 17.1 Å². The van der Waals surface area contributed by atoms with E-state index in [-0.39, 0.29) is 17.9 Å². The lowest BCUT2D eigenvalue weighted by Crippen LogP contribution is -2.36. The minimum atomic E-state index is -0.842. The van der Waals surface area contributed by atoms with Crippen molar-refractivity contribution < 1.29 is 14.3 Å². The third-order valence-electron chi connectivity index (χ3n) is 6.93. The number of nitrogens with one attached hydrogen (secondary N) is 1. The van der Waals surface area contributed by atoms with Gasteiger partial charge >= 0.3 is 0 Å². The second-order valence-corrected chi connectivity index (χ2v) is 9.22. The maximum Gasteiger partial charge on any atom is 0.252 e. The topological polar surface area (TPSA) is 126 Å². The standard InChI is InChI=1S/C25H26N6O3/c1-15-11-30(24(33)25(14-26)7-8-25)13-20(15)29-22-19(23(27)32)10-28-31-12-17(9-21(22)31)16-3-5-18(34-2)6-4-16/h3-6,9-10,12,15,20,29H,7-8,11,13H2,1-2H3,(H2,27,32)/t15-,20+/m0/s1. The van der Waals surface area contributed by atoms with Crippen LogP contribution in [0.1, 0.15) is 30.1 Å². The second-order valence-electron chi connectivity index (χ2n) is 9.22. The first kappa shape index (κ1) is 21.8. The Morgan fingerprint density at radius 3 is 2.59 bits per heavy atom. The Balaban J connectivity index is 1.47. The van der Waals surface area contributed by atoms with E-state index in [4.69, 9.17) is 10.5 Å². The van der Waals surface area contributed by atoms with E-state index in [2.05, 4.69) is 23.4 Å². The van der Waals surface area contributed by atoms with Gasteiger partial charge < -0.3 is 20.7 Å². The maximum absolute atomic E-state index is 12.9. The molecule has 1 aromatic carbocycles. The Morgan fingerprint density at radius 2 is 1.97 bits per heavy atom. The molecule has 2 fully saturated rings. The first-order valence-corrected chi connectivity index (χ1v) is 11.3. The zero-order chi connectivity index (χ0) is 24.0. The molecule has 0 unspecified atom stereocenters. The number of benzene rings is 1. The molecule has 0 radical (unpaired) electrons. The summed E-state index contributed by atoms with van der Waals surface area (Å²) in [4.78, 5) is 26.9. The third-order valence-corrected chi connectivity index (χ3v) is 6.93. The van der Waals surface area contributed by atoms with Gasteiger partial charge in [-0.2, -0.15) is 10.4 Å². The van der Waals surface area contributed by atoms with Crippen molar-refractivity contribution >= 4 is 23.0 Å². The van der Waals surface area contributed by atoms with Crippen LogP contribution in [0.15, 0.2) is 42.7 Å². The molecule has 3 heterocycles. The summed E-state index contributed by atoms with van der Waals surface area (Å²) in [6, 6.07) is 11.7. The van der Waals surface area contributed by atoms with Gasteiger partial charge in [0.2, 0.25) is 5.91 Å². The lowest BCUT2D eigenvalue weighted by atomic mass is 10.0. The van der Waals surface area contributed by atoms with E-state index in [0.29, 0.717) is 37.2 Å². The lowest BCUT2D eigenvalue weighted by Gasteiger charge is -2.21. The zero-order valence-corrected chi connectivity index (χ0v) is 19.1. The Hall–Kier alpha value is -4.06. The molecule has 34 heavy (non-hydrogen) atoms. The van der Waals surface area contributed by atoms with E-state index in [9.17, 15) is 14.9 Å². The molecular formula is C25H26N6O3. The van der Waals surface area contributed by atoms with Crippen molar-refractivity contribution in [1.29, 1.82) is 5.26 Å². The van der Waals surface area contributed by atoms with E-state index in [0.717, 1.165) is 22.4 Å². The summed E-state index contributed by atoms with van der Waals surface area (Å²) < 4.78 is 6.96. The summed E-state index contributed by atoms with van der Waals surface area (Å²) in [7, 11) is 1.62. The number of carbonyl (C=O) groups is 2. The van der Waals surface area contributed by atoms with Crippen molar-refractivity contribution in [3.8, 4) is 22.9 Å². The van der Waals surface area contributed by atoms with Gasteiger partial charge in [0.05, 0.1) is 36.1 Å². The minimum absolute atomic E-state index is 0.0920. The highest BCUT2D eigenvalue weighted by Gasteiger charge is 2.54. The summed E-state index contributed by atoms with van der Waals surface area (Å²) >= 11 is 0. The van der Waals surface area contributed by atoms with Crippen LogP contribution in [0.5, 0.6) is 5.75 Å². The van der Waals surface area contributed by atoms with E-state index < -0.39 is 11.3 Å². The fraction of sp³-hybridized carbons (Fsp3) is 0.360. The zero-order valence-electron chi connectivity index (χ0n) is 19.1. The highest BCUT2D eigenvalue weighted by molar-refractivity contribution is 6.02. The highest BCUT2D eigenvalue weighted by Crippen LogP contribution is 2.47. The number of aromatic nitrogens is 2. The molecular weight excluding hydrogens is 432 g/mol. The Kier molecular flexibility index (Phi) is 5.16. The number of methoxy groups -OCH3 is 1. The molecule has 174 valence electrons. The summed E-state index contributed by atoms with van der Waals surface area (Å²) in [5.74, 6) is 0.224. The van der Waals surface area contributed by atoms with Crippen molar-refractivity contribution in [3.05, 3.63) is 48.3 Å². The summed E-state index contributed by atoms with van der Waals surface area (Å²) in [5, 5.41) is 17.3. The molecule has 1 aliphatic carbocycles. The fourth-order valence-corrected chi connectivity index (χ4v) is 4.64. The van der Waals surface area contributed by atoms with Crippen LogP contribution in [0.4, 0.5) is 5.69 Å². The first-order valence-electron chi connectivity index (χ1n) is 11.3. The number of nitrogens with two attached hydrogens (primary N) is 1. The van der Waals surface area contributed by atoms with Gasteiger partial charge in [-0.05, 0) is 42.5 Å². The summed E-state index contributed by atoms with van der Waals surface area (Å²) in [6.07, 6.45) is 4.61. The normalized spacial score (nSPS) is 20.7. The summed E-state index contributed by atoms with van der Waals surface area (Å²) in [5.41, 5.74) is 8.35. The van der Waals surface area contributed by atoms with E-state index in [1.54, 1.807) is 16.5 Å². The van der Waals surface area contributed by atoms with E-state index in [1.165, 1.54) is 6.20 Å². The Bertz CT molecular complexity index is 1320. The van der Waals surface area contributed by atoms with Gasteiger partial charge in [-0.25, -0.2) is 4.52 Å². The molecule has 0 bridgehead atoms. The molecule has 2 atom stereocenters. The van der Waals surface area contributed by atoms with Gasteiger partial charge in [-0.1, -0.05) is 19.1 Å². The van der Waals surface area contributed by atoms with Crippen LogP contribution in [-0.4, -0.2) is 52.6 Å². The number of rotatable bonds is 6. The second kappa shape index (κ2) is 8.06. The number of ether oxygens (including phenoxy) is 1. The van der Waals surface area contributed by atoms with Crippen LogP contribution in [-0.2, 0) is 4.79 Å². The van der Waals surface area contributed by atoms with Crippen LogP contribution in [0.2, 0.25) is 0 Å². The predicted molar refractivity (Wildman–Crippen MR) is 126 cm³/mol. The van der Waals surface area contributed by atoms with Crippen LogP contribution in [0.3, 0.4) is 0 Å². The van der Waals surface area contributed by atoms with Gasteiger partial charge in [0.25, 0.3) is 5.91 Å². The lowest BCUT2D eigenvalue weighted by molar-refractivity contribution is -0.134. The number of carbonyl (C=O) groups excluding carboxylic acids is 2. The molecule has 9 nitrogen and oxygen atoms in total. The monoisotopic (exact) mass is 458 g/mol. The van der Waals surface area contributed by atoms with E-state index in [1.807, 2.05) is 36.5 Å². The number of fused-ring (bicyclic) bond motifs is 1. The van der Waals surface area contributed by atoms with Crippen LogP contribution in [0, 0.1) is 22.7 Å². The quantitative estimate of drug-likeness (QED) is 0.585. The van der Waals surface area contributed by atoms with Gasteiger partial charge in [-0.15, -0.1) is 0 Å². The molecule has 1 saturated carbocycles. The molecule has 2 aliphatic rings.